The third-order valence-electron chi connectivity index (χ3n) is 27.5. The average molecular weight is 2220 g/mol. The molecule has 6 heterocycles. The van der Waals surface area contributed by atoms with Crippen LogP contribution < -0.4 is 29.7 Å². The number of benzene rings is 12. The van der Waals surface area contributed by atoms with E-state index in [1.165, 1.54) is 122 Å². The predicted octanol–water partition coefficient (Wildman–Crippen LogP) is 32.6. The van der Waals surface area contributed by atoms with Crippen LogP contribution in [0.3, 0.4) is 0 Å². The fourth-order valence-corrected chi connectivity index (χ4v) is 19.9. The van der Waals surface area contributed by atoms with Gasteiger partial charge in [-0.05, 0) is 177 Å². The van der Waals surface area contributed by atoms with Gasteiger partial charge in [0, 0.05) is 44.8 Å². The van der Waals surface area contributed by atoms with Gasteiger partial charge < -0.3 is 44.0 Å². The van der Waals surface area contributed by atoms with Crippen molar-refractivity contribution < 1.29 is 89.9 Å². The first-order valence-corrected chi connectivity index (χ1v) is 51.0. The van der Waals surface area contributed by atoms with Gasteiger partial charge in [-0.15, -0.1) is 33.1 Å². The van der Waals surface area contributed by atoms with Crippen LogP contribution in [0.1, 0.15) is 351 Å². The maximum absolute atomic E-state index is 13.8. The number of rotatable bonds is 18. The number of aryl methyl sites for hydroxylation is 1. The Hall–Kier alpha value is -10.5. The van der Waals surface area contributed by atoms with E-state index in [1.54, 1.807) is 0 Å². The van der Waals surface area contributed by atoms with Gasteiger partial charge in [0.05, 0.1) is 70.0 Å². The summed E-state index contributed by atoms with van der Waals surface area (Å²) in [6, 6.07) is 86.8. The van der Waals surface area contributed by atoms with Crippen LogP contribution in [-0.2, 0) is 76.2 Å². The van der Waals surface area contributed by atoms with Gasteiger partial charge in [0.25, 0.3) is 0 Å². The Bertz CT molecular complexity index is 6290. The Balaban J connectivity index is 0.000000181. The van der Waals surface area contributed by atoms with Gasteiger partial charge >= 0.3 is 17.1 Å². The fraction of sp³-hybridized carbons (Fsp3) is 0.386. The minimum atomic E-state index is -0.540. The van der Waals surface area contributed by atoms with Gasteiger partial charge in [-0.2, -0.15) is 0 Å². The number of hydrogen-bond acceptors (Lipinski definition) is 6. The van der Waals surface area contributed by atoms with Crippen molar-refractivity contribution in [3.63, 3.8) is 0 Å². The van der Waals surface area contributed by atoms with E-state index in [-0.39, 0.29) is 79.6 Å². The molecule has 0 saturated carbocycles. The molecule has 3 aliphatic heterocycles. The second kappa shape index (κ2) is 48.0. The molecule has 0 bridgehead atoms. The minimum absolute atomic E-state index is 0. The zero-order chi connectivity index (χ0) is 101. The molecular formula is C127H152AgAuCuN9O3-. The Morgan fingerprint density at radius 1 is 0.246 bits per heavy atom. The molecule has 0 N–H and O–H groups in total. The van der Waals surface area contributed by atoms with Gasteiger partial charge in [0.15, 0.2) is 0 Å². The summed E-state index contributed by atoms with van der Waals surface area (Å²) < 4.78 is 5.53. The van der Waals surface area contributed by atoms with Gasteiger partial charge in [-0.25, -0.2) is 0 Å². The molecule has 0 aliphatic carbocycles. The molecule has 15 aromatic rings. The third kappa shape index (κ3) is 24.6. The van der Waals surface area contributed by atoms with Crippen LogP contribution in [0.4, 0.5) is 34.1 Å². The zero-order valence-corrected chi connectivity index (χ0v) is 94.5. The van der Waals surface area contributed by atoms with Crippen molar-refractivity contribution in [2.24, 2.45) is 16.2 Å². The molecule has 0 atom stereocenters. The Kier molecular flexibility index (Phi) is 38.3. The van der Waals surface area contributed by atoms with Crippen LogP contribution in [0.5, 0.6) is 0 Å². The standard InChI is InChI=1S/3C30H42N2O.C13H10N.2C12H8N.Ag.Au.Cu/c3*1-19(2)23-13-11-14-24(20(3)4)27(23)31-17-30(9,10)29(33)32(18-31)28-25(21(5)6)15-12-16-26(28)22(7)8;1-9-6-7-13-11(8-9)10-4-2-3-5-12(10)14-13;2*1-3-7-11-9(5-1)10-6-2-4-8-12(10)13-11;;;/h3*11-16,19-22H,17H2,1-10H3;2-8H,1H3;2*1-8H;;;/q;;;3*-1;;;+2. The zero-order valence-electron chi connectivity index (χ0n) is 89.9. The molecule has 0 unspecified atom stereocenters. The predicted molar refractivity (Wildman–Crippen MR) is 590 cm³/mol. The number of anilines is 3. The van der Waals surface area contributed by atoms with Crippen molar-refractivity contribution in [1.82, 2.24) is 15.0 Å². The molecule has 15 heteroatoms. The number of hydrogen-bond donors (Lipinski definition) is 0. The molecule has 3 amide bonds. The van der Waals surface area contributed by atoms with Crippen molar-refractivity contribution in [3.05, 3.63) is 321 Å². The monoisotopic (exact) mass is 2220 g/mol. The van der Waals surface area contributed by atoms with Crippen molar-refractivity contribution in [2.45, 2.75) is 286 Å². The van der Waals surface area contributed by atoms with Gasteiger partial charge in [0.2, 0.25) is 36.7 Å². The van der Waals surface area contributed by atoms with Gasteiger partial charge in [-0.3, -0.25) is 13.7 Å². The molecule has 18 rings (SSSR count). The van der Waals surface area contributed by atoms with Crippen LogP contribution in [0.15, 0.2) is 249 Å². The maximum atomic E-state index is 13.8. The summed E-state index contributed by atoms with van der Waals surface area (Å²) in [6.45, 7) is 69.7. The number of carbonyl (C=O) groups excluding carboxylic acids is 3. The van der Waals surface area contributed by atoms with Crippen molar-refractivity contribution >= 4 is 136 Å². The summed E-state index contributed by atoms with van der Waals surface area (Å²) in [5, 5.41) is 7.51. The molecule has 0 saturated heterocycles. The number of aromatic nitrogens is 3. The van der Waals surface area contributed by atoms with E-state index in [0.717, 1.165) is 50.2 Å². The maximum Gasteiger partial charge on any atom is 2.00 e. The first-order valence-electron chi connectivity index (χ1n) is 51.0. The molecule has 3 radical (unpaired) electrons. The summed E-state index contributed by atoms with van der Waals surface area (Å²) in [6.07, 6.45) is 10.8. The van der Waals surface area contributed by atoms with Crippen LogP contribution in [0.25, 0.3) is 65.4 Å². The minimum Gasteiger partial charge on any atom is -0.657 e. The van der Waals surface area contributed by atoms with E-state index in [2.05, 4.69) is 482 Å². The Morgan fingerprint density at radius 2 is 0.415 bits per heavy atom. The second-order valence-electron chi connectivity index (χ2n) is 44.1. The number of amides is 3. The first kappa shape index (κ1) is 113. The number of para-hydroxylation sites is 11. The van der Waals surface area contributed by atoms with E-state index in [0.29, 0.717) is 90.6 Å². The molecule has 0 spiro atoms. The van der Waals surface area contributed by atoms with E-state index < -0.39 is 16.2 Å². The summed E-state index contributed by atoms with van der Waals surface area (Å²) in [7, 11) is 0. The molecule has 12 aromatic carbocycles. The molecule has 142 heavy (non-hydrogen) atoms. The van der Waals surface area contributed by atoms with Crippen LogP contribution in [0.2, 0.25) is 0 Å². The number of fused-ring (bicyclic) bond motifs is 9. The van der Waals surface area contributed by atoms with E-state index >= 15 is 0 Å². The normalized spacial score (nSPS) is 14.5. The summed E-state index contributed by atoms with van der Waals surface area (Å²) in [4.78, 5) is 61.8. The molecule has 757 valence electrons. The summed E-state index contributed by atoms with van der Waals surface area (Å²) in [5.74, 6) is 4.45. The Morgan fingerprint density at radius 3 is 0.606 bits per heavy atom. The molecule has 0 fully saturated rings. The fourth-order valence-electron chi connectivity index (χ4n) is 19.9. The van der Waals surface area contributed by atoms with Crippen molar-refractivity contribution in [1.29, 1.82) is 0 Å². The van der Waals surface area contributed by atoms with Crippen LogP contribution in [0, 0.1) is 23.2 Å². The summed E-state index contributed by atoms with van der Waals surface area (Å²) >= 11 is 0. The van der Waals surface area contributed by atoms with E-state index in [4.69, 9.17) is 0 Å². The largest absolute Gasteiger partial charge is 2.00 e. The first-order chi connectivity index (χ1) is 65.8. The molecule has 3 aromatic heterocycles. The van der Waals surface area contributed by atoms with Crippen molar-refractivity contribution in [2.75, 3.05) is 34.3 Å². The van der Waals surface area contributed by atoms with Crippen LogP contribution >= 0.6 is 0 Å². The van der Waals surface area contributed by atoms with E-state index in [1.807, 2.05) is 44.1 Å². The van der Waals surface area contributed by atoms with Gasteiger partial charge in [-0.1, -0.05) is 462 Å². The molecule has 3 aliphatic rings. The number of nitrogens with zero attached hydrogens (tertiary/aromatic N) is 9. The molecular weight excluding hydrogens is 2070 g/mol. The van der Waals surface area contributed by atoms with Crippen molar-refractivity contribution in [3.8, 4) is 0 Å². The average Bonchev–Trinajstić information content (AvgIpc) is 1.13. The Labute approximate surface area is 891 Å². The van der Waals surface area contributed by atoms with Gasteiger partial charge in [0.1, 0.15) is 0 Å². The van der Waals surface area contributed by atoms with Crippen LogP contribution in [-0.4, -0.2) is 70.1 Å². The topological polar surface area (TPSA) is 112 Å². The third-order valence-corrected chi connectivity index (χ3v) is 27.5. The van der Waals surface area contributed by atoms with E-state index in [9.17, 15) is 14.4 Å². The molecule has 12 nitrogen and oxygen atoms in total. The number of carbonyl (C=O) groups is 3. The second-order valence-corrected chi connectivity index (χ2v) is 44.1. The smallest absolute Gasteiger partial charge is 0.657 e. The summed E-state index contributed by atoms with van der Waals surface area (Å²) in [5.41, 5.74) is 27.9. The quantitative estimate of drug-likeness (QED) is 0.0471. The SMILES string of the molecule is CC(C)c1cccc(C(C)C)c1N1[C-]=[N+](c2c(C(C)C)cccc2C(C)C)C(=O)C(C)(C)C1.CC(C)c1cccc(C(C)C)c1N1[C-]=[N+](c2c(C(C)C)cccc2C(C)C)C(=O)C(C)(C)C1.CC(C)c1cccc(C(C)C)c1N1[C-]=[N+](c2c(C(C)C)cccc2C(C)C)C(=O)C(C)(C)C1.Cc1ccc2[n-]c3ccccc3c2c1.[Ag].[Au].[Cu+2].c1ccc2c(c1)[n-]c1ccccc12.c1ccc2c(c1)[n-]c1ccccc12.